The minimum Gasteiger partial charge on any atom is -0.505 e. The Bertz CT molecular complexity index is 1170. The van der Waals surface area contributed by atoms with Gasteiger partial charge >= 0.3 is 0 Å². The highest BCUT2D eigenvalue weighted by molar-refractivity contribution is 6.02. The summed E-state index contributed by atoms with van der Waals surface area (Å²) in [7, 11) is 1.35. The Kier molecular flexibility index (Phi) is 4.67. The number of amides is 1. The molecule has 1 amide bonds. The molecule has 9 heteroatoms. The van der Waals surface area contributed by atoms with Gasteiger partial charge in [-0.15, -0.1) is 0 Å². The first kappa shape index (κ1) is 18.9. The lowest BCUT2D eigenvalue weighted by atomic mass is 10.0. The summed E-state index contributed by atoms with van der Waals surface area (Å²) in [5, 5.41) is 22.5. The van der Waals surface area contributed by atoms with Crippen molar-refractivity contribution < 1.29 is 24.1 Å². The third kappa shape index (κ3) is 3.09. The van der Waals surface area contributed by atoms with Crippen molar-refractivity contribution >= 4 is 16.9 Å². The van der Waals surface area contributed by atoms with Crippen molar-refractivity contribution in [2.45, 2.75) is 19.1 Å². The van der Waals surface area contributed by atoms with Gasteiger partial charge in [0.05, 0.1) is 13.2 Å². The van der Waals surface area contributed by atoms with Crippen LogP contribution in [0.4, 0.5) is 4.39 Å². The molecule has 4 rings (SSSR count). The topological polar surface area (TPSA) is 114 Å². The van der Waals surface area contributed by atoms with Crippen molar-refractivity contribution in [2.24, 2.45) is 0 Å². The Balaban J connectivity index is 1.96. The van der Waals surface area contributed by atoms with E-state index >= 15 is 0 Å². The predicted octanol–water partition coefficient (Wildman–Crippen LogP) is 0.945. The van der Waals surface area contributed by atoms with Gasteiger partial charge in [0.1, 0.15) is 28.5 Å². The van der Waals surface area contributed by atoms with Crippen molar-refractivity contribution in [3.8, 4) is 11.5 Å². The molecule has 1 aliphatic heterocycles. The van der Waals surface area contributed by atoms with E-state index in [0.717, 1.165) is 5.56 Å². The minimum atomic E-state index is -0.732. The summed E-state index contributed by atoms with van der Waals surface area (Å²) in [6.45, 7) is -0.341. The molecule has 3 heterocycles. The zero-order chi connectivity index (χ0) is 20.7. The third-order valence-corrected chi connectivity index (χ3v) is 4.91. The van der Waals surface area contributed by atoms with Gasteiger partial charge in [0, 0.05) is 25.2 Å². The van der Waals surface area contributed by atoms with Crippen LogP contribution >= 0.6 is 0 Å². The number of pyridine rings is 2. The fraction of sp³-hybridized carbons (Fsp3) is 0.250. The standard InChI is InChI=1S/C20H18FN3O5/c1-22-19(27)14-17(26)15-16-18(29-13(9-25)8-24(16)20(14)28)11(7-23-15)6-10-2-4-12(21)5-3-10/h2-5,7,13,25-26H,6,8-9H2,1H3,(H,22,27)/t13-/m1/s1. The Morgan fingerprint density at radius 3 is 2.76 bits per heavy atom. The average molecular weight is 399 g/mol. The number of nitrogens with one attached hydrogen (secondary N) is 1. The molecule has 3 aromatic rings. The molecule has 0 unspecified atom stereocenters. The highest BCUT2D eigenvalue weighted by Crippen LogP contribution is 2.37. The van der Waals surface area contributed by atoms with Gasteiger partial charge in [-0.3, -0.25) is 19.1 Å². The van der Waals surface area contributed by atoms with Crippen LogP contribution in [0.25, 0.3) is 11.0 Å². The van der Waals surface area contributed by atoms with Crippen LogP contribution in [0.2, 0.25) is 0 Å². The second kappa shape index (κ2) is 7.17. The van der Waals surface area contributed by atoms with E-state index in [1.165, 1.54) is 29.9 Å². The van der Waals surface area contributed by atoms with Crippen molar-refractivity contribution in [3.63, 3.8) is 0 Å². The van der Waals surface area contributed by atoms with Gasteiger partial charge in [0.15, 0.2) is 11.5 Å². The number of rotatable bonds is 4. The Morgan fingerprint density at radius 1 is 1.38 bits per heavy atom. The highest BCUT2D eigenvalue weighted by Gasteiger charge is 2.31. The lowest BCUT2D eigenvalue weighted by Crippen LogP contribution is -2.40. The van der Waals surface area contributed by atoms with Gasteiger partial charge in [-0.05, 0) is 17.7 Å². The molecule has 2 aromatic heterocycles. The Morgan fingerprint density at radius 2 is 2.10 bits per heavy atom. The Labute approximate surface area is 164 Å². The molecule has 0 saturated heterocycles. The van der Waals surface area contributed by atoms with E-state index < -0.39 is 28.9 Å². The minimum absolute atomic E-state index is 0.00475. The van der Waals surface area contributed by atoms with Crippen LogP contribution in [0.15, 0.2) is 35.3 Å². The number of hydrogen-bond acceptors (Lipinski definition) is 6. The Hall–Kier alpha value is -3.46. The van der Waals surface area contributed by atoms with Gasteiger partial charge in [-0.2, -0.15) is 0 Å². The van der Waals surface area contributed by atoms with E-state index in [9.17, 15) is 24.2 Å². The maximum absolute atomic E-state index is 13.2. The van der Waals surface area contributed by atoms with Crippen molar-refractivity contribution in [2.75, 3.05) is 13.7 Å². The molecule has 0 radical (unpaired) electrons. The van der Waals surface area contributed by atoms with Gasteiger partial charge in [-0.1, -0.05) is 12.1 Å². The SMILES string of the molecule is CNC(=O)c1c(O)c2ncc(Cc3ccc(F)cc3)c3c2n(c1=O)C[C@H](CO)O3. The molecule has 3 N–H and O–H groups in total. The summed E-state index contributed by atoms with van der Waals surface area (Å²) in [5.41, 5.74) is 0.587. The monoisotopic (exact) mass is 399 g/mol. The van der Waals surface area contributed by atoms with Crippen molar-refractivity contribution in [1.82, 2.24) is 14.9 Å². The molecular weight excluding hydrogens is 381 g/mol. The number of aromatic nitrogens is 2. The van der Waals surface area contributed by atoms with Crippen LogP contribution < -0.4 is 15.6 Å². The smallest absolute Gasteiger partial charge is 0.268 e. The summed E-state index contributed by atoms with van der Waals surface area (Å²) in [6, 6.07) is 5.92. The van der Waals surface area contributed by atoms with Crippen LogP contribution in [0.5, 0.6) is 11.5 Å². The van der Waals surface area contributed by atoms with E-state index in [1.807, 2.05) is 0 Å². The van der Waals surface area contributed by atoms with Crippen LogP contribution in [-0.4, -0.2) is 45.4 Å². The van der Waals surface area contributed by atoms with Crippen LogP contribution in [0, 0.1) is 5.82 Å². The van der Waals surface area contributed by atoms with E-state index in [0.29, 0.717) is 17.7 Å². The summed E-state index contributed by atoms with van der Waals surface area (Å²) < 4.78 is 20.4. The number of carbonyl (C=O) groups is 1. The zero-order valence-electron chi connectivity index (χ0n) is 15.5. The molecule has 1 aromatic carbocycles. The van der Waals surface area contributed by atoms with Crippen LogP contribution in [0.1, 0.15) is 21.5 Å². The quantitative estimate of drug-likeness (QED) is 0.602. The number of ether oxygens (including phenoxy) is 1. The molecule has 1 aliphatic rings. The summed E-state index contributed by atoms with van der Waals surface area (Å²) in [6.07, 6.45) is 1.10. The summed E-state index contributed by atoms with van der Waals surface area (Å²) in [5.74, 6) is -1.32. The molecule has 1 atom stereocenters. The maximum Gasteiger partial charge on any atom is 0.268 e. The molecule has 150 valence electrons. The maximum atomic E-state index is 13.2. The largest absolute Gasteiger partial charge is 0.505 e. The highest BCUT2D eigenvalue weighted by atomic mass is 19.1. The first-order valence-electron chi connectivity index (χ1n) is 8.96. The number of carbonyl (C=O) groups excluding carboxylic acids is 1. The molecule has 0 bridgehead atoms. The predicted molar refractivity (Wildman–Crippen MR) is 102 cm³/mol. The number of aromatic hydroxyl groups is 1. The fourth-order valence-corrected chi connectivity index (χ4v) is 3.49. The normalized spacial score (nSPS) is 15.2. The summed E-state index contributed by atoms with van der Waals surface area (Å²) in [4.78, 5) is 29.3. The van der Waals surface area contributed by atoms with Crippen LogP contribution in [-0.2, 0) is 13.0 Å². The fourth-order valence-electron chi connectivity index (χ4n) is 3.49. The number of aliphatic hydroxyl groups excluding tert-OH is 1. The molecular formula is C20H18FN3O5. The van der Waals surface area contributed by atoms with Crippen molar-refractivity contribution in [1.29, 1.82) is 0 Å². The zero-order valence-corrected chi connectivity index (χ0v) is 15.5. The van der Waals surface area contributed by atoms with Crippen molar-refractivity contribution in [3.05, 3.63) is 63.3 Å². The molecule has 0 aliphatic carbocycles. The molecule has 0 spiro atoms. The first-order chi connectivity index (χ1) is 13.9. The average Bonchev–Trinajstić information content (AvgIpc) is 2.73. The molecule has 29 heavy (non-hydrogen) atoms. The number of aliphatic hydroxyl groups is 1. The summed E-state index contributed by atoms with van der Waals surface area (Å²) >= 11 is 0. The van der Waals surface area contributed by atoms with Gasteiger partial charge in [0.2, 0.25) is 0 Å². The van der Waals surface area contributed by atoms with E-state index in [2.05, 4.69) is 10.3 Å². The van der Waals surface area contributed by atoms with E-state index in [-0.39, 0.29) is 30.0 Å². The lowest BCUT2D eigenvalue weighted by molar-refractivity contribution is 0.0917. The van der Waals surface area contributed by atoms with Gasteiger partial charge < -0.3 is 20.3 Å². The molecule has 0 saturated carbocycles. The van der Waals surface area contributed by atoms with Gasteiger partial charge in [0.25, 0.3) is 11.5 Å². The van der Waals surface area contributed by atoms with Crippen LogP contribution in [0.3, 0.4) is 0 Å². The number of nitrogens with zero attached hydrogens (tertiary/aromatic N) is 2. The third-order valence-electron chi connectivity index (χ3n) is 4.91. The van der Waals surface area contributed by atoms with Gasteiger partial charge in [-0.25, -0.2) is 4.39 Å². The number of benzene rings is 1. The second-order valence-corrected chi connectivity index (χ2v) is 6.75. The van der Waals surface area contributed by atoms with E-state index in [1.54, 1.807) is 12.1 Å². The molecule has 8 nitrogen and oxygen atoms in total. The number of hydrogen-bond donors (Lipinski definition) is 3. The second-order valence-electron chi connectivity index (χ2n) is 6.75. The molecule has 0 fully saturated rings. The lowest BCUT2D eigenvalue weighted by Gasteiger charge is -2.28. The number of halogens is 1. The van der Waals surface area contributed by atoms with E-state index in [4.69, 9.17) is 4.74 Å². The first-order valence-corrected chi connectivity index (χ1v) is 8.96.